The predicted octanol–water partition coefficient (Wildman–Crippen LogP) is 4.14. The fourth-order valence-electron chi connectivity index (χ4n) is 2.78. The van der Waals surface area contributed by atoms with E-state index in [0.717, 1.165) is 12.2 Å². The van der Waals surface area contributed by atoms with Crippen LogP contribution in [0.2, 0.25) is 0 Å². The molecule has 0 bridgehead atoms. The highest BCUT2D eigenvalue weighted by Gasteiger charge is 2.16. The molecule has 1 atom stereocenters. The summed E-state index contributed by atoms with van der Waals surface area (Å²) in [5.74, 6) is 0.950. The summed E-state index contributed by atoms with van der Waals surface area (Å²) in [6.07, 6.45) is 3.12. The number of hydrogen-bond donors (Lipinski definition) is 1. The molecule has 0 saturated heterocycles. The number of carbonyl (C=O) groups is 1. The number of hydrogen-bond acceptors (Lipinski definition) is 3. The van der Waals surface area contributed by atoms with Crippen LogP contribution in [0.4, 0.5) is 0 Å². The van der Waals surface area contributed by atoms with Crippen molar-refractivity contribution in [3.8, 4) is 0 Å². The molecule has 0 radical (unpaired) electrons. The number of nitrogens with one attached hydrogen (secondary N) is 1. The summed E-state index contributed by atoms with van der Waals surface area (Å²) < 4.78 is 0. The summed E-state index contributed by atoms with van der Waals surface area (Å²) >= 11 is 1.78. The van der Waals surface area contributed by atoms with E-state index in [2.05, 4.69) is 47.7 Å². The molecular weight excluding hydrogens is 328 g/mol. The van der Waals surface area contributed by atoms with Crippen molar-refractivity contribution in [1.82, 2.24) is 10.2 Å². The first-order chi connectivity index (χ1) is 12.0. The maximum atomic E-state index is 12.4. The van der Waals surface area contributed by atoms with E-state index in [0.29, 0.717) is 12.1 Å². The highest BCUT2D eigenvalue weighted by atomic mass is 32.2. The molecule has 2 rings (SSSR count). The number of likely N-dealkylation sites (N-methyl/N-ethyl adjacent to an activating group) is 1. The Kier molecular flexibility index (Phi) is 7.53. The Hall–Kier alpha value is -1.78. The van der Waals surface area contributed by atoms with E-state index in [1.54, 1.807) is 11.8 Å². The number of thioether (sulfide) groups is 1. The Balaban J connectivity index is 2.01. The van der Waals surface area contributed by atoms with Crippen LogP contribution >= 0.6 is 11.8 Å². The van der Waals surface area contributed by atoms with Crippen molar-refractivity contribution >= 4 is 17.7 Å². The van der Waals surface area contributed by atoms with E-state index < -0.39 is 0 Å². The molecule has 0 fully saturated rings. The predicted molar refractivity (Wildman–Crippen MR) is 108 cm³/mol. The van der Waals surface area contributed by atoms with Crippen LogP contribution in [0.5, 0.6) is 0 Å². The van der Waals surface area contributed by atoms with Gasteiger partial charge in [-0.05, 0) is 55.6 Å². The first kappa shape index (κ1) is 19.5. The molecule has 0 heterocycles. The number of amides is 1. The van der Waals surface area contributed by atoms with Crippen LogP contribution in [0.25, 0.3) is 0 Å². The number of rotatable bonds is 8. The minimum absolute atomic E-state index is 0.0206. The molecule has 3 nitrogen and oxygen atoms in total. The van der Waals surface area contributed by atoms with Crippen LogP contribution in [0.3, 0.4) is 0 Å². The quantitative estimate of drug-likeness (QED) is 0.771. The Bertz CT molecular complexity index is 665. The lowest BCUT2D eigenvalue weighted by atomic mass is 10.0. The van der Waals surface area contributed by atoms with Gasteiger partial charge in [-0.2, -0.15) is 11.8 Å². The first-order valence-corrected chi connectivity index (χ1v) is 10.1. The van der Waals surface area contributed by atoms with Gasteiger partial charge in [0, 0.05) is 17.9 Å². The third kappa shape index (κ3) is 5.62. The van der Waals surface area contributed by atoms with Gasteiger partial charge in [-0.15, -0.1) is 0 Å². The second-order valence-electron chi connectivity index (χ2n) is 6.41. The Morgan fingerprint density at radius 2 is 1.64 bits per heavy atom. The lowest BCUT2D eigenvalue weighted by molar-refractivity contribution is 0.0942. The fraction of sp³-hybridized carbons (Fsp3) is 0.381. The molecular formula is C21H28N2OS. The normalized spacial score (nSPS) is 12.2. The topological polar surface area (TPSA) is 32.3 Å². The first-order valence-electron chi connectivity index (χ1n) is 8.66. The van der Waals surface area contributed by atoms with E-state index in [-0.39, 0.29) is 11.9 Å². The molecule has 0 aliphatic heterocycles. The molecule has 1 N–H and O–H groups in total. The largest absolute Gasteiger partial charge is 0.350 e. The summed E-state index contributed by atoms with van der Waals surface area (Å²) in [6, 6.07) is 16.7. The van der Waals surface area contributed by atoms with Gasteiger partial charge < -0.3 is 10.2 Å². The van der Waals surface area contributed by atoms with Crippen molar-refractivity contribution < 1.29 is 4.79 Å². The van der Waals surface area contributed by atoms with Crippen LogP contribution in [-0.4, -0.2) is 37.7 Å². The molecule has 1 amide bonds. The molecule has 0 unspecified atom stereocenters. The lowest BCUT2D eigenvalue weighted by Gasteiger charge is -2.25. The van der Waals surface area contributed by atoms with Gasteiger partial charge >= 0.3 is 0 Å². The zero-order valence-corrected chi connectivity index (χ0v) is 16.4. The molecule has 0 aromatic heterocycles. The van der Waals surface area contributed by atoms with Gasteiger partial charge in [-0.3, -0.25) is 4.79 Å². The van der Waals surface area contributed by atoms with Crippen LogP contribution < -0.4 is 5.32 Å². The van der Waals surface area contributed by atoms with E-state index in [9.17, 15) is 4.79 Å². The van der Waals surface area contributed by atoms with Crippen LogP contribution in [-0.2, 0) is 12.2 Å². The van der Waals surface area contributed by atoms with Gasteiger partial charge in [0.05, 0.1) is 6.04 Å². The van der Waals surface area contributed by atoms with Gasteiger partial charge in [0.25, 0.3) is 5.91 Å². The Morgan fingerprint density at radius 1 is 1.04 bits per heavy atom. The Morgan fingerprint density at radius 3 is 2.16 bits per heavy atom. The number of carbonyl (C=O) groups excluding carboxylic acids is 1. The van der Waals surface area contributed by atoms with E-state index in [1.807, 2.05) is 38.4 Å². The minimum atomic E-state index is -0.0206. The maximum Gasteiger partial charge on any atom is 0.251 e. The number of benzene rings is 2. The van der Waals surface area contributed by atoms with Crippen LogP contribution in [0.15, 0.2) is 48.5 Å². The Labute approximate surface area is 155 Å². The van der Waals surface area contributed by atoms with Crippen molar-refractivity contribution in [3.63, 3.8) is 0 Å². The third-order valence-corrected chi connectivity index (χ3v) is 5.00. The van der Waals surface area contributed by atoms with Crippen molar-refractivity contribution in [1.29, 1.82) is 0 Å². The summed E-state index contributed by atoms with van der Waals surface area (Å²) in [7, 11) is 4.09. The van der Waals surface area contributed by atoms with Gasteiger partial charge in [-0.25, -0.2) is 0 Å². The molecule has 2 aromatic rings. The number of nitrogens with zero attached hydrogens (tertiary/aromatic N) is 1. The zero-order valence-electron chi connectivity index (χ0n) is 15.6. The van der Waals surface area contributed by atoms with Crippen molar-refractivity contribution in [2.24, 2.45) is 0 Å². The molecule has 25 heavy (non-hydrogen) atoms. The second-order valence-corrected chi connectivity index (χ2v) is 7.28. The summed E-state index contributed by atoms with van der Waals surface area (Å²) in [5.41, 5.74) is 4.50. The average Bonchev–Trinajstić information content (AvgIpc) is 2.63. The van der Waals surface area contributed by atoms with Gasteiger partial charge in [0.1, 0.15) is 0 Å². The molecule has 4 heteroatoms. The minimum Gasteiger partial charge on any atom is -0.350 e. The van der Waals surface area contributed by atoms with Gasteiger partial charge in [0.2, 0.25) is 0 Å². The van der Waals surface area contributed by atoms with Crippen LogP contribution in [0.1, 0.15) is 40.0 Å². The smallest absolute Gasteiger partial charge is 0.251 e. The SMILES string of the molecule is CCc1ccc([C@@H](CNC(=O)c2ccc(CSC)cc2)N(C)C)cc1. The van der Waals surface area contributed by atoms with E-state index in [1.165, 1.54) is 16.7 Å². The van der Waals surface area contributed by atoms with Crippen molar-refractivity contribution in [2.45, 2.75) is 25.1 Å². The van der Waals surface area contributed by atoms with Crippen molar-refractivity contribution in [3.05, 3.63) is 70.8 Å². The molecule has 0 saturated carbocycles. The standard InChI is InChI=1S/C21H28N2OS/c1-5-16-6-10-18(11-7-16)20(23(2)3)14-22-21(24)19-12-8-17(9-13-19)15-25-4/h6-13,20H,5,14-15H2,1-4H3,(H,22,24)/t20-/m1/s1. The maximum absolute atomic E-state index is 12.4. The molecule has 2 aromatic carbocycles. The van der Waals surface area contributed by atoms with E-state index in [4.69, 9.17) is 0 Å². The zero-order chi connectivity index (χ0) is 18.2. The fourth-order valence-corrected chi connectivity index (χ4v) is 3.31. The van der Waals surface area contributed by atoms with Crippen LogP contribution in [0, 0.1) is 0 Å². The highest BCUT2D eigenvalue weighted by Crippen LogP contribution is 2.18. The second kappa shape index (κ2) is 9.64. The third-order valence-electron chi connectivity index (χ3n) is 4.38. The monoisotopic (exact) mass is 356 g/mol. The highest BCUT2D eigenvalue weighted by molar-refractivity contribution is 7.97. The summed E-state index contributed by atoms with van der Waals surface area (Å²) in [6.45, 7) is 2.74. The molecule has 0 aliphatic carbocycles. The summed E-state index contributed by atoms with van der Waals surface area (Å²) in [5, 5.41) is 3.07. The number of aryl methyl sites for hydroxylation is 1. The van der Waals surface area contributed by atoms with Gasteiger partial charge in [-0.1, -0.05) is 43.3 Å². The molecule has 134 valence electrons. The summed E-state index contributed by atoms with van der Waals surface area (Å²) in [4.78, 5) is 14.6. The molecule has 0 spiro atoms. The molecule has 0 aliphatic rings. The van der Waals surface area contributed by atoms with Gasteiger partial charge in [0.15, 0.2) is 0 Å². The van der Waals surface area contributed by atoms with Crippen molar-refractivity contribution in [2.75, 3.05) is 26.9 Å². The average molecular weight is 357 g/mol. The lowest BCUT2D eigenvalue weighted by Crippen LogP contribution is -2.34. The van der Waals surface area contributed by atoms with E-state index >= 15 is 0 Å².